The SMILES string of the molecule is C#CCOC(=O)N[C@@H](Cc1ccccc1)[C@H](O)C(=O)N1CSC(C)(C)[C@H]1C(=O)NCc1ccccc1C(F)(F)F. The molecule has 3 amide bonds. The monoisotopic (exact) mass is 577 g/mol. The van der Waals surface area contributed by atoms with E-state index in [1.165, 1.54) is 34.9 Å². The van der Waals surface area contributed by atoms with Gasteiger partial charge in [0.2, 0.25) is 5.91 Å². The number of hydrogen-bond donors (Lipinski definition) is 3. The van der Waals surface area contributed by atoms with Crippen LogP contribution in [-0.4, -0.2) is 63.3 Å². The lowest BCUT2D eigenvalue weighted by molar-refractivity contribution is -0.147. The molecular weight excluding hydrogens is 547 g/mol. The normalized spacial score (nSPS) is 17.8. The number of terminal acetylenes is 1. The van der Waals surface area contributed by atoms with Crippen molar-refractivity contribution in [2.75, 3.05) is 12.5 Å². The fraction of sp³-hybridized carbons (Fsp3) is 0.393. The van der Waals surface area contributed by atoms with Crippen LogP contribution in [0.2, 0.25) is 0 Å². The zero-order valence-corrected chi connectivity index (χ0v) is 22.7. The Balaban J connectivity index is 1.80. The summed E-state index contributed by atoms with van der Waals surface area (Å²) in [5.74, 6) is 0.693. The number of alkyl halides is 3. The molecule has 40 heavy (non-hydrogen) atoms. The maximum atomic E-state index is 13.5. The van der Waals surface area contributed by atoms with Gasteiger partial charge in [-0.05, 0) is 37.5 Å². The molecule has 8 nitrogen and oxygen atoms in total. The Morgan fingerprint density at radius 1 is 1.18 bits per heavy atom. The first-order valence-electron chi connectivity index (χ1n) is 12.3. The molecule has 0 spiro atoms. The summed E-state index contributed by atoms with van der Waals surface area (Å²) < 4.78 is 44.2. The van der Waals surface area contributed by atoms with Crippen molar-refractivity contribution in [3.05, 3.63) is 71.3 Å². The van der Waals surface area contributed by atoms with Crippen LogP contribution in [0.4, 0.5) is 18.0 Å². The third-order valence-corrected chi connectivity index (χ3v) is 7.75. The zero-order chi connectivity index (χ0) is 29.5. The van der Waals surface area contributed by atoms with Crippen molar-refractivity contribution in [1.82, 2.24) is 15.5 Å². The molecule has 1 aliphatic heterocycles. The lowest BCUT2D eigenvalue weighted by Gasteiger charge is -2.33. The van der Waals surface area contributed by atoms with Crippen molar-refractivity contribution in [2.45, 2.75) is 55.9 Å². The standard InChI is InChI=1S/C28H30F3N3O5S/c1-4-14-39-26(38)33-21(15-18-10-6-5-7-11-18)22(35)25(37)34-17-40-27(2,3)23(34)24(36)32-16-19-12-8-9-13-20(19)28(29,30)31/h1,5-13,21-23,35H,14-17H2,2-3H3,(H,32,36)(H,33,38)/t21-,22-,23+/m0/s1. The highest BCUT2D eigenvalue weighted by Crippen LogP contribution is 2.40. The van der Waals surface area contributed by atoms with E-state index in [0.717, 1.165) is 6.07 Å². The van der Waals surface area contributed by atoms with Gasteiger partial charge in [0.05, 0.1) is 17.5 Å². The number of aliphatic hydroxyl groups excluding tert-OH is 1. The Bertz CT molecular complexity index is 1250. The van der Waals surface area contributed by atoms with Gasteiger partial charge in [0, 0.05) is 11.3 Å². The van der Waals surface area contributed by atoms with E-state index in [0.29, 0.717) is 5.56 Å². The summed E-state index contributed by atoms with van der Waals surface area (Å²) in [7, 11) is 0. The number of thioether (sulfide) groups is 1. The first-order chi connectivity index (χ1) is 18.8. The number of nitrogens with one attached hydrogen (secondary N) is 2. The molecule has 0 unspecified atom stereocenters. The van der Waals surface area contributed by atoms with Crippen molar-refractivity contribution >= 4 is 29.7 Å². The second kappa shape index (κ2) is 13.1. The topological polar surface area (TPSA) is 108 Å². The predicted molar refractivity (Wildman–Crippen MR) is 144 cm³/mol. The first kappa shape index (κ1) is 30.8. The van der Waals surface area contributed by atoms with Crippen LogP contribution in [0.1, 0.15) is 30.5 Å². The molecule has 12 heteroatoms. The Hall–Kier alpha value is -3.69. The quantitative estimate of drug-likeness (QED) is 0.395. The second-order valence-corrected chi connectivity index (χ2v) is 11.2. The molecule has 0 saturated carbocycles. The molecule has 2 aromatic rings. The van der Waals surface area contributed by atoms with Gasteiger partial charge in [-0.1, -0.05) is 54.5 Å². The number of alkyl carbamates (subject to hydrolysis) is 1. The van der Waals surface area contributed by atoms with Crippen molar-refractivity contribution in [3.8, 4) is 12.3 Å². The van der Waals surface area contributed by atoms with E-state index in [-0.39, 0.29) is 24.5 Å². The number of ether oxygens (including phenoxy) is 1. The average molecular weight is 578 g/mol. The van der Waals surface area contributed by atoms with Crippen LogP contribution in [0.5, 0.6) is 0 Å². The fourth-order valence-electron chi connectivity index (χ4n) is 4.39. The predicted octanol–water partition coefficient (Wildman–Crippen LogP) is 3.33. The molecule has 0 bridgehead atoms. The average Bonchev–Trinajstić information content (AvgIpc) is 3.24. The van der Waals surface area contributed by atoms with Crippen molar-refractivity contribution in [1.29, 1.82) is 0 Å². The van der Waals surface area contributed by atoms with E-state index in [1.54, 1.807) is 44.2 Å². The van der Waals surface area contributed by atoms with Crippen LogP contribution in [0.15, 0.2) is 54.6 Å². The van der Waals surface area contributed by atoms with Gasteiger partial charge in [0.15, 0.2) is 12.7 Å². The molecule has 0 radical (unpaired) electrons. The Kier molecular flexibility index (Phi) is 10.1. The molecule has 3 atom stereocenters. The number of amides is 3. The maximum Gasteiger partial charge on any atom is 0.416 e. The second-order valence-electron chi connectivity index (χ2n) is 9.63. The lowest BCUT2D eigenvalue weighted by atomic mass is 9.97. The van der Waals surface area contributed by atoms with Crippen LogP contribution in [0.25, 0.3) is 0 Å². The van der Waals surface area contributed by atoms with Gasteiger partial charge < -0.3 is 25.4 Å². The molecule has 3 N–H and O–H groups in total. The summed E-state index contributed by atoms with van der Waals surface area (Å²) in [6.45, 7) is 2.73. The highest BCUT2D eigenvalue weighted by molar-refractivity contribution is 8.00. The lowest BCUT2D eigenvalue weighted by Crippen LogP contribution is -2.58. The van der Waals surface area contributed by atoms with Gasteiger partial charge in [0.25, 0.3) is 5.91 Å². The number of rotatable bonds is 9. The van der Waals surface area contributed by atoms with Crippen LogP contribution in [0, 0.1) is 12.3 Å². The van der Waals surface area contributed by atoms with Gasteiger partial charge in [-0.25, -0.2) is 4.79 Å². The number of benzene rings is 2. The summed E-state index contributed by atoms with van der Waals surface area (Å²) in [5, 5.41) is 16.1. The van der Waals surface area contributed by atoms with Gasteiger partial charge in [-0.3, -0.25) is 9.59 Å². The van der Waals surface area contributed by atoms with E-state index >= 15 is 0 Å². The molecule has 1 saturated heterocycles. The third-order valence-electron chi connectivity index (χ3n) is 6.38. The van der Waals surface area contributed by atoms with Crippen molar-refractivity contribution in [3.63, 3.8) is 0 Å². The first-order valence-corrected chi connectivity index (χ1v) is 13.3. The maximum absolute atomic E-state index is 13.5. The number of carbonyl (C=O) groups is 3. The summed E-state index contributed by atoms with van der Waals surface area (Å²) in [6.07, 6.45) is -2.11. The summed E-state index contributed by atoms with van der Waals surface area (Å²) in [4.78, 5) is 40.2. The molecule has 214 valence electrons. The van der Waals surface area contributed by atoms with Crippen LogP contribution in [0.3, 0.4) is 0 Å². The molecule has 1 fully saturated rings. The number of carbonyl (C=O) groups excluding carboxylic acids is 3. The van der Waals surface area contributed by atoms with Crippen LogP contribution < -0.4 is 10.6 Å². The van der Waals surface area contributed by atoms with E-state index < -0.39 is 59.1 Å². The Morgan fingerprint density at radius 3 is 2.48 bits per heavy atom. The Morgan fingerprint density at radius 2 is 1.82 bits per heavy atom. The van der Waals surface area contributed by atoms with E-state index in [1.807, 2.05) is 0 Å². The fourth-order valence-corrected chi connectivity index (χ4v) is 5.53. The summed E-state index contributed by atoms with van der Waals surface area (Å²) in [5.41, 5.74) is -0.280. The third kappa shape index (κ3) is 7.70. The smallest absolute Gasteiger partial charge is 0.416 e. The molecule has 3 rings (SSSR count). The molecule has 1 aliphatic rings. The molecule has 0 aromatic heterocycles. The number of nitrogens with zero attached hydrogens (tertiary/aromatic N) is 1. The van der Waals surface area contributed by atoms with Crippen molar-refractivity contribution < 1.29 is 37.4 Å². The molecule has 0 aliphatic carbocycles. The van der Waals surface area contributed by atoms with Crippen LogP contribution >= 0.6 is 11.8 Å². The zero-order valence-electron chi connectivity index (χ0n) is 21.9. The highest BCUT2D eigenvalue weighted by Gasteiger charge is 2.50. The van der Waals surface area contributed by atoms with Gasteiger partial charge >= 0.3 is 12.3 Å². The minimum Gasteiger partial charge on any atom is -0.436 e. The minimum atomic E-state index is -4.60. The molecular formula is C28H30F3N3O5S. The number of aliphatic hydroxyl groups is 1. The molecule has 2 aromatic carbocycles. The van der Waals surface area contributed by atoms with E-state index in [9.17, 15) is 32.7 Å². The van der Waals surface area contributed by atoms with Gasteiger partial charge in [0.1, 0.15) is 6.04 Å². The Labute approximate surface area is 234 Å². The number of hydrogen-bond acceptors (Lipinski definition) is 6. The largest absolute Gasteiger partial charge is 0.436 e. The van der Waals surface area contributed by atoms with E-state index in [2.05, 4.69) is 16.6 Å². The van der Waals surface area contributed by atoms with Crippen molar-refractivity contribution in [2.24, 2.45) is 0 Å². The summed E-state index contributed by atoms with van der Waals surface area (Å²) in [6, 6.07) is 11.5. The van der Waals surface area contributed by atoms with Crippen LogP contribution in [-0.2, 0) is 33.5 Å². The number of halogens is 3. The van der Waals surface area contributed by atoms with E-state index in [4.69, 9.17) is 11.2 Å². The highest BCUT2D eigenvalue weighted by atomic mass is 32.2. The van der Waals surface area contributed by atoms with Gasteiger partial charge in [-0.2, -0.15) is 13.2 Å². The van der Waals surface area contributed by atoms with Gasteiger partial charge in [-0.15, -0.1) is 18.2 Å². The summed E-state index contributed by atoms with van der Waals surface area (Å²) >= 11 is 1.28. The minimum absolute atomic E-state index is 0.0414. The molecule has 1 heterocycles.